The molecule has 94 valence electrons. The van der Waals surface area contributed by atoms with Gasteiger partial charge in [-0.05, 0) is 31.7 Å². The summed E-state index contributed by atoms with van der Waals surface area (Å²) in [6.45, 7) is 8.98. The largest absolute Gasteiger partial charge is 0.492 e. The van der Waals surface area contributed by atoms with Crippen LogP contribution in [0.25, 0.3) is 0 Å². The minimum absolute atomic E-state index is 0.571. The summed E-state index contributed by atoms with van der Waals surface area (Å²) < 4.78 is 5.65. The number of nitrogens with zero attached hydrogens (tertiary/aromatic N) is 1. The summed E-state index contributed by atoms with van der Waals surface area (Å²) >= 11 is 0. The molecule has 1 aromatic rings. The maximum Gasteiger partial charge on any atom is 0.119 e. The fraction of sp³-hybridized carbons (Fsp3) is 0.429. The molecule has 0 aliphatic carbocycles. The van der Waals surface area contributed by atoms with Gasteiger partial charge in [0.1, 0.15) is 12.4 Å². The van der Waals surface area contributed by atoms with E-state index in [-0.39, 0.29) is 0 Å². The number of ether oxygens (including phenoxy) is 1. The Morgan fingerprint density at radius 3 is 2.53 bits per heavy atom. The van der Waals surface area contributed by atoms with E-state index >= 15 is 0 Å². The smallest absolute Gasteiger partial charge is 0.119 e. The fourth-order valence-electron chi connectivity index (χ4n) is 1.58. The zero-order valence-corrected chi connectivity index (χ0v) is 10.8. The third kappa shape index (κ3) is 5.52. The van der Waals surface area contributed by atoms with Crippen LogP contribution in [0.15, 0.2) is 36.4 Å². The van der Waals surface area contributed by atoms with Gasteiger partial charge in [0.2, 0.25) is 0 Å². The Morgan fingerprint density at radius 1 is 1.35 bits per heavy atom. The van der Waals surface area contributed by atoms with Gasteiger partial charge in [0.15, 0.2) is 0 Å². The van der Waals surface area contributed by atoms with Crippen LogP contribution in [0.4, 0.5) is 0 Å². The number of benzene rings is 1. The zero-order valence-electron chi connectivity index (χ0n) is 10.8. The van der Waals surface area contributed by atoms with Gasteiger partial charge in [0.05, 0.1) is 0 Å². The third-order valence-corrected chi connectivity index (χ3v) is 2.44. The van der Waals surface area contributed by atoms with Gasteiger partial charge < -0.3 is 10.5 Å². The molecule has 0 aromatic heterocycles. The quantitative estimate of drug-likeness (QED) is 0.734. The van der Waals surface area contributed by atoms with Gasteiger partial charge in [-0.3, -0.25) is 4.90 Å². The molecule has 17 heavy (non-hydrogen) atoms. The van der Waals surface area contributed by atoms with Crippen molar-refractivity contribution in [1.82, 2.24) is 4.90 Å². The van der Waals surface area contributed by atoms with E-state index in [1.807, 2.05) is 31.2 Å². The van der Waals surface area contributed by atoms with Gasteiger partial charge in [-0.2, -0.15) is 0 Å². The summed E-state index contributed by atoms with van der Waals surface area (Å²) in [5.74, 6) is 0.894. The van der Waals surface area contributed by atoms with Crippen LogP contribution in [0.2, 0.25) is 0 Å². The topological polar surface area (TPSA) is 38.5 Å². The Hall–Kier alpha value is -1.32. The molecule has 3 nitrogen and oxygen atoms in total. The molecule has 0 saturated carbocycles. The lowest BCUT2D eigenvalue weighted by atomic mass is 10.2. The molecule has 3 heteroatoms. The molecule has 0 bridgehead atoms. The summed E-state index contributed by atoms with van der Waals surface area (Å²) in [5.41, 5.74) is 7.82. The van der Waals surface area contributed by atoms with Crippen LogP contribution in [0, 0.1) is 0 Å². The molecule has 1 aromatic carbocycles. The van der Waals surface area contributed by atoms with E-state index in [9.17, 15) is 0 Å². The second-order valence-corrected chi connectivity index (χ2v) is 4.39. The van der Waals surface area contributed by atoms with Crippen LogP contribution in [-0.4, -0.2) is 31.6 Å². The van der Waals surface area contributed by atoms with Crippen molar-refractivity contribution >= 4 is 0 Å². The molecule has 0 aliphatic rings. The Balaban J connectivity index is 2.28. The molecule has 0 heterocycles. The van der Waals surface area contributed by atoms with E-state index in [1.165, 1.54) is 5.57 Å². The van der Waals surface area contributed by atoms with Gasteiger partial charge in [-0.25, -0.2) is 0 Å². The van der Waals surface area contributed by atoms with Crippen molar-refractivity contribution in [3.05, 3.63) is 42.0 Å². The number of hydrogen-bond donors (Lipinski definition) is 1. The highest BCUT2D eigenvalue weighted by Gasteiger charge is 1.99. The first-order chi connectivity index (χ1) is 8.11. The summed E-state index contributed by atoms with van der Waals surface area (Å²) in [5, 5.41) is 0. The van der Waals surface area contributed by atoms with Gasteiger partial charge in [0, 0.05) is 19.6 Å². The normalized spacial score (nSPS) is 10.6. The highest BCUT2D eigenvalue weighted by molar-refractivity contribution is 5.27. The van der Waals surface area contributed by atoms with Crippen molar-refractivity contribution in [3.8, 4) is 5.75 Å². The molecule has 0 fully saturated rings. The van der Waals surface area contributed by atoms with E-state index < -0.39 is 0 Å². The molecule has 0 atom stereocenters. The van der Waals surface area contributed by atoms with Crippen LogP contribution < -0.4 is 10.5 Å². The predicted molar refractivity (Wildman–Crippen MR) is 72.1 cm³/mol. The van der Waals surface area contributed by atoms with Crippen molar-refractivity contribution in [2.75, 3.05) is 26.7 Å². The Labute approximate surface area is 104 Å². The SMILES string of the molecule is C=C(C)CN(C)CCOc1ccc(CN)cc1. The van der Waals surface area contributed by atoms with Crippen LogP contribution in [0.1, 0.15) is 12.5 Å². The summed E-state index contributed by atoms with van der Waals surface area (Å²) in [6.07, 6.45) is 0. The summed E-state index contributed by atoms with van der Waals surface area (Å²) in [6, 6.07) is 7.90. The molecular formula is C14H22N2O. The van der Waals surface area contributed by atoms with E-state index in [2.05, 4.69) is 18.5 Å². The fourth-order valence-corrected chi connectivity index (χ4v) is 1.58. The maximum atomic E-state index is 5.65. The van der Waals surface area contributed by atoms with Gasteiger partial charge in [0.25, 0.3) is 0 Å². The first kappa shape index (κ1) is 13.7. The average Bonchev–Trinajstić information content (AvgIpc) is 2.29. The highest BCUT2D eigenvalue weighted by Crippen LogP contribution is 2.11. The number of rotatable bonds is 7. The first-order valence-corrected chi connectivity index (χ1v) is 5.86. The second-order valence-electron chi connectivity index (χ2n) is 4.39. The summed E-state index contributed by atoms with van der Waals surface area (Å²) in [7, 11) is 2.07. The van der Waals surface area contributed by atoms with E-state index in [1.54, 1.807) is 0 Å². The van der Waals surface area contributed by atoms with Crippen molar-refractivity contribution in [2.24, 2.45) is 5.73 Å². The lowest BCUT2D eigenvalue weighted by molar-refractivity contribution is 0.247. The number of nitrogens with two attached hydrogens (primary N) is 1. The molecule has 1 rings (SSSR count). The predicted octanol–water partition coefficient (Wildman–Crippen LogP) is 2.03. The van der Waals surface area contributed by atoms with E-state index in [0.717, 1.165) is 24.4 Å². The molecule has 0 amide bonds. The van der Waals surface area contributed by atoms with Crippen LogP contribution in [-0.2, 0) is 6.54 Å². The standard InChI is InChI=1S/C14H22N2O/c1-12(2)11-16(3)8-9-17-14-6-4-13(10-15)5-7-14/h4-7H,1,8-11,15H2,2-3H3. The van der Waals surface area contributed by atoms with Crippen LogP contribution in [0.5, 0.6) is 5.75 Å². The number of hydrogen-bond acceptors (Lipinski definition) is 3. The molecule has 0 aliphatic heterocycles. The minimum Gasteiger partial charge on any atom is -0.492 e. The lowest BCUT2D eigenvalue weighted by Crippen LogP contribution is -2.25. The first-order valence-electron chi connectivity index (χ1n) is 5.86. The Kier molecular flexibility index (Phi) is 5.73. The average molecular weight is 234 g/mol. The molecule has 0 unspecified atom stereocenters. The monoisotopic (exact) mass is 234 g/mol. The maximum absolute atomic E-state index is 5.65. The van der Waals surface area contributed by atoms with Gasteiger partial charge in [-0.15, -0.1) is 0 Å². The second kappa shape index (κ2) is 7.09. The number of likely N-dealkylation sites (N-methyl/N-ethyl adjacent to an activating group) is 1. The van der Waals surface area contributed by atoms with E-state index in [4.69, 9.17) is 10.5 Å². The third-order valence-electron chi connectivity index (χ3n) is 2.44. The molecule has 2 N–H and O–H groups in total. The minimum atomic E-state index is 0.571. The van der Waals surface area contributed by atoms with Crippen molar-refractivity contribution in [1.29, 1.82) is 0 Å². The lowest BCUT2D eigenvalue weighted by Gasteiger charge is -2.16. The molecule has 0 spiro atoms. The zero-order chi connectivity index (χ0) is 12.7. The molecule has 0 saturated heterocycles. The van der Waals surface area contributed by atoms with Gasteiger partial charge in [-0.1, -0.05) is 24.3 Å². The Bertz CT molecular complexity index is 346. The van der Waals surface area contributed by atoms with E-state index in [0.29, 0.717) is 13.2 Å². The van der Waals surface area contributed by atoms with Crippen molar-refractivity contribution < 1.29 is 4.74 Å². The highest BCUT2D eigenvalue weighted by atomic mass is 16.5. The Morgan fingerprint density at radius 2 is 2.00 bits per heavy atom. The van der Waals surface area contributed by atoms with Crippen molar-refractivity contribution in [2.45, 2.75) is 13.5 Å². The van der Waals surface area contributed by atoms with Gasteiger partial charge >= 0.3 is 0 Å². The molecular weight excluding hydrogens is 212 g/mol. The van der Waals surface area contributed by atoms with Crippen molar-refractivity contribution in [3.63, 3.8) is 0 Å². The molecule has 0 radical (unpaired) electrons. The summed E-state index contributed by atoms with van der Waals surface area (Å²) in [4.78, 5) is 2.19. The van der Waals surface area contributed by atoms with Crippen LogP contribution in [0.3, 0.4) is 0 Å². The van der Waals surface area contributed by atoms with Crippen LogP contribution >= 0.6 is 0 Å².